The molecule has 146 valence electrons. The van der Waals surface area contributed by atoms with Crippen molar-refractivity contribution in [1.82, 2.24) is 15.0 Å². The number of hydrogen-bond acceptors (Lipinski definition) is 5. The highest BCUT2D eigenvalue weighted by Crippen LogP contribution is 2.23. The minimum absolute atomic E-state index is 0.0704. The van der Waals surface area contributed by atoms with Gasteiger partial charge in [-0.3, -0.25) is 4.79 Å². The number of carbonyl (C=O) groups is 1. The minimum Gasteiger partial charge on any atom is -0.372 e. The average Bonchev–Trinajstić information content (AvgIpc) is 2.90. The van der Waals surface area contributed by atoms with E-state index in [0.29, 0.717) is 15.8 Å². The molecular formula is C20H22ClN5OS. The molecule has 0 spiro atoms. The molecule has 1 fully saturated rings. The molecule has 3 aromatic rings. The summed E-state index contributed by atoms with van der Waals surface area (Å²) in [6.45, 7) is 2.22. The molecule has 0 radical (unpaired) electrons. The number of anilines is 2. The summed E-state index contributed by atoms with van der Waals surface area (Å²) in [5.41, 5.74) is 3.39. The number of benzene rings is 1. The van der Waals surface area contributed by atoms with Crippen LogP contribution in [0.1, 0.15) is 25.7 Å². The average molecular weight is 416 g/mol. The number of aromatic nitrogens is 3. The largest absolute Gasteiger partial charge is 0.372 e. The number of H-pyrrole nitrogens is 1. The zero-order valence-electron chi connectivity index (χ0n) is 15.4. The molecule has 6 nitrogen and oxygen atoms in total. The number of rotatable bonds is 5. The highest BCUT2D eigenvalue weighted by molar-refractivity contribution is 7.99. The van der Waals surface area contributed by atoms with Crippen LogP contribution in [-0.2, 0) is 4.79 Å². The van der Waals surface area contributed by atoms with Crippen molar-refractivity contribution in [2.45, 2.75) is 30.8 Å². The van der Waals surface area contributed by atoms with Crippen molar-refractivity contribution in [2.75, 3.05) is 29.1 Å². The van der Waals surface area contributed by atoms with Gasteiger partial charge in [0, 0.05) is 30.7 Å². The molecule has 2 aromatic heterocycles. The van der Waals surface area contributed by atoms with Gasteiger partial charge in [-0.05, 0) is 43.2 Å². The number of fused-ring (bicyclic) bond motifs is 1. The Kier molecular flexibility index (Phi) is 6.02. The molecule has 1 amide bonds. The van der Waals surface area contributed by atoms with Crippen LogP contribution in [0.4, 0.5) is 11.4 Å². The highest BCUT2D eigenvalue weighted by atomic mass is 35.5. The van der Waals surface area contributed by atoms with E-state index in [9.17, 15) is 4.79 Å². The monoisotopic (exact) mass is 415 g/mol. The van der Waals surface area contributed by atoms with Crippen LogP contribution in [0.25, 0.3) is 11.2 Å². The van der Waals surface area contributed by atoms with Crippen molar-refractivity contribution in [2.24, 2.45) is 0 Å². The lowest BCUT2D eigenvalue weighted by Crippen LogP contribution is -2.23. The summed E-state index contributed by atoms with van der Waals surface area (Å²) in [4.78, 5) is 26.3. The summed E-state index contributed by atoms with van der Waals surface area (Å²) in [6, 6.07) is 9.88. The van der Waals surface area contributed by atoms with Crippen molar-refractivity contribution in [1.29, 1.82) is 0 Å². The van der Waals surface area contributed by atoms with E-state index in [1.165, 1.54) is 43.1 Å². The molecule has 0 bridgehead atoms. The van der Waals surface area contributed by atoms with E-state index in [1.807, 2.05) is 12.1 Å². The SMILES string of the molecule is O=C(CSc1nc2ncc(Cl)cc2[nH]1)Nc1ccc(N2CCCCCC2)cc1. The molecule has 0 unspecified atom stereocenters. The Hall–Kier alpha value is -2.25. The van der Waals surface area contributed by atoms with E-state index >= 15 is 0 Å². The van der Waals surface area contributed by atoms with Crippen LogP contribution in [0, 0.1) is 0 Å². The Bertz CT molecular complexity index is 951. The molecule has 0 aliphatic carbocycles. The molecular weight excluding hydrogens is 394 g/mol. The number of nitrogens with one attached hydrogen (secondary N) is 2. The van der Waals surface area contributed by atoms with Gasteiger partial charge in [0.15, 0.2) is 10.8 Å². The van der Waals surface area contributed by atoms with Crippen LogP contribution in [0.15, 0.2) is 41.7 Å². The third kappa shape index (κ3) is 4.77. The maximum Gasteiger partial charge on any atom is 0.234 e. The third-order valence-electron chi connectivity index (χ3n) is 4.74. The Morgan fingerprint density at radius 3 is 2.68 bits per heavy atom. The zero-order valence-corrected chi connectivity index (χ0v) is 17.0. The van der Waals surface area contributed by atoms with Crippen LogP contribution in [-0.4, -0.2) is 39.7 Å². The number of carbonyl (C=O) groups excluding carboxylic acids is 1. The van der Waals surface area contributed by atoms with Gasteiger partial charge in [-0.15, -0.1) is 0 Å². The summed E-state index contributed by atoms with van der Waals surface area (Å²) in [5.74, 6) is 0.195. The highest BCUT2D eigenvalue weighted by Gasteiger charge is 2.11. The van der Waals surface area contributed by atoms with Crippen LogP contribution in [0.2, 0.25) is 5.02 Å². The molecule has 4 rings (SSSR count). The first-order chi connectivity index (χ1) is 13.7. The predicted octanol–water partition coefficient (Wildman–Crippen LogP) is 4.72. The lowest BCUT2D eigenvalue weighted by molar-refractivity contribution is -0.113. The van der Waals surface area contributed by atoms with Gasteiger partial charge in [0.1, 0.15) is 0 Å². The molecule has 0 saturated carbocycles. The molecule has 0 atom stereocenters. The Labute approximate surface area is 173 Å². The fourth-order valence-electron chi connectivity index (χ4n) is 3.34. The molecule has 1 aliphatic rings. The van der Waals surface area contributed by atoms with Gasteiger partial charge in [0.25, 0.3) is 0 Å². The van der Waals surface area contributed by atoms with Gasteiger partial charge >= 0.3 is 0 Å². The molecule has 1 saturated heterocycles. The maximum absolute atomic E-state index is 12.3. The van der Waals surface area contributed by atoms with Gasteiger partial charge in [-0.2, -0.15) is 0 Å². The molecule has 2 N–H and O–H groups in total. The number of aromatic amines is 1. The summed E-state index contributed by atoms with van der Waals surface area (Å²) in [5, 5.41) is 4.14. The van der Waals surface area contributed by atoms with Gasteiger partial charge in [-0.25, -0.2) is 9.97 Å². The summed E-state index contributed by atoms with van der Waals surface area (Å²) in [6.07, 6.45) is 6.69. The lowest BCUT2D eigenvalue weighted by atomic mass is 10.2. The third-order valence-corrected chi connectivity index (χ3v) is 5.82. The van der Waals surface area contributed by atoms with E-state index in [1.54, 1.807) is 12.3 Å². The number of halogens is 1. The Morgan fingerprint density at radius 2 is 1.93 bits per heavy atom. The molecule has 28 heavy (non-hydrogen) atoms. The van der Waals surface area contributed by atoms with Crippen molar-refractivity contribution in [3.05, 3.63) is 41.6 Å². The predicted molar refractivity (Wildman–Crippen MR) is 115 cm³/mol. The first-order valence-corrected chi connectivity index (χ1v) is 10.8. The van der Waals surface area contributed by atoms with E-state index in [4.69, 9.17) is 11.6 Å². The second-order valence-electron chi connectivity index (χ2n) is 6.85. The second kappa shape index (κ2) is 8.84. The number of amides is 1. The summed E-state index contributed by atoms with van der Waals surface area (Å²) in [7, 11) is 0. The normalized spacial score (nSPS) is 14.8. The number of thioether (sulfide) groups is 1. The number of pyridine rings is 1. The van der Waals surface area contributed by atoms with E-state index < -0.39 is 0 Å². The van der Waals surface area contributed by atoms with Crippen molar-refractivity contribution < 1.29 is 4.79 Å². The smallest absolute Gasteiger partial charge is 0.234 e. The van der Waals surface area contributed by atoms with Crippen LogP contribution in [0.3, 0.4) is 0 Å². The quantitative estimate of drug-likeness (QED) is 0.589. The zero-order chi connectivity index (χ0) is 19.3. The first kappa shape index (κ1) is 19.1. The minimum atomic E-state index is -0.0704. The molecule has 1 aromatic carbocycles. The van der Waals surface area contributed by atoms with Gasteiger partial charge < -0.3 is 15.2 Å². The molecule has 8 heteroatoms. The van der Waals surface area contributed by atoms with E-state index in [0.717, 1.165) is 24.3 Å². The molecule has 3 heterocycles. The van der Waals surface area contributed by atoms with E-state index in [2.05, 4.69) is 37.3 Å². The van der Waals surface area contributed by atoms with Crippen molar-refractivity contribution in [3.8, 4) is 0 Å². The Balaban J connectivity index is 1.31. The fourth-order valence-corrected chi connectivity index (χ4v) is 4.17. The van der Waals surface area contributed by atoms with Crippen molar-refractivity contribution in [3.63, 3.8) is 0 Å². The van der Waals surface area contributed by atoms with Crippen LogP contribution >= 0.6 is 23.4 Å². The molecule has 1 aliphatic heterocycles. The van der Waals surface area contributed by atoms with Crippen molar-refractivity contribution >= 4 is 51.8 Å². The number of hydrogen-bond donors (Lipinski definition) is 2. The number of imidazole rings is 1. The maximum atomic E-state index is 12.3. The van der Waals surface area contributed by atoms with Gasteiger partial charge in [-0.1, -0.05) is 36.2 Å². The standard InChI is InChI=1S/C20H22ClN5OS/c21-14-11-17-19(22-12-14)25-20(24-17)28-13-18(27)23-15-5-7-16(8-6-15)26-9-3-1-2-4-10-26/h5-8,11-12H,1-4,9-10,13H2,(H,23,27)(H,22,24,25). The topological polar surface area (TPSA) is 73.9 Å². The first-order valence-electron chi connectivity index (χ1n) is 9.46. The summed E-state index contributed by atoms with van der Waals surface area (Å²) >= 11 is 7.27. The second-order valence-corrected chi connectivity index (χ2v) is 8.25. The lowest BCUT2D eigenvalue weighted by Gasteiger charge is -2.22. The Morgan fingerprint density at radius 1 is 1.18 bits per heavy atom. The van der Waals surface area contributed by atoms with Gasteiger partial charge in [0.2, 0.25) is 5.91 Å². The van der Waals surface area contributed by atoms with E-state index in [-0.39, 0.29) is 11.7 Å². The summed E-state index contributed by atoms with van der Waals surface area (Å²) < 4.78 is 0. The van der Waals surface area contributed by atoms with Crippen LogP contribution < -0.4 is 10.2 Å². The number of nitrogens with zero attached hydrogens (tertiary/aromatic N) is 3. The fraction of sp³-hybridized carbons (Fsp3) is 0.350. The van der Waals surface area contributed by atoms with Gasteiger partial charge in [0.05, 0.1) is 16.3 Å². The van der Waals surface area contributed by atoms with Crippen LogP contribution in [0.5, 0.6) is 0 Å².